The Labute approximate surface area is 144 Å². The van der Waals surface area contributed by atoms with Gasteiger partial charge in [0.15, 0.2) is 5.58 Å². The molecule has 6 heteroatoms. The fourth-order valence-corrected chi connectivity index (χ4v) is 3.41. The molecule has 2 heterocycles. The summed E-state index contributed by atoms with van der Waals surface area (Å²) in [6.45, 7) is 0. The van der Waals surface area contributed by atoms with Crippen LogP contribution in [0.3, 0.4) is 0 Å². The standard InChI is InChI=1S/C19H19N3O3/c1-22-16(13-6-2-3-7-14(13)21-22)10-12(11-18(23)24)19-20-15-8-4-5-9-17(15)25-19/h4-5,8-10H,2-3,6-7,11H2,1H3,(H,23,24). The molecule has 6 nitrogen and oxygen atoms in total. The number of carbonyl (C=O) groups is 1. The van der Waals surface area contributed by atoms with Crippen molar-refractivity contribution in [3.8, 4) is 0 Å². The number of fused-ring (bicyclic) bond motifs is 2. The minimum Gasteiger partial charge on any atom is -0.481 e. The molecule has 0 amide bonds. The summed E-state index contributed by atoms with van der Waals surface area (Å²) >= 11 is 0. The molecule has 4 rings (SSSR count). The number of rotatable bonds is 4. The van der Waals surface area contributed by atoms with E-state index in [0.717, 1.165) is 42.6 Å². The van der Waals surface area contributed by atoms with Gasteiger partial charge in [-0.1, -0.05) is 12.1 Å². The van der Waals surface area contributed by atoms with Crippen molar-refractivity contribution in [3.05, 3.63) is 47.1 Å². The Morgan fingerprint density at radius 3 is 2.92 bits per heavy atom. The van der Waals surface area contributed by atoms with E-state index in [1.54, 1.807) is 0 Å². The number of oxazole rings is 1. The highest BCUT2D eigenvalue weighted by Gasteiger charge is 2.21. The summed E-state index contributed by atoms with van der Waals surface area (Å²) in [6, 6.07) is 7.44. The van der Waals surface area contributed by atoms with Crippen molar-refractivity contribution in [1.82, 2.24) is 14.8 Å². The van der Waals surface area contributed by atoms with E-state index in [9.17, 15) is 9.90 Å². The molecule has 0 atom stereocenters. The lowest BCUT2D eigenvalue weighted by molar-refractivity contribution is -0.135. The molecule has 2 aromatic heterocycles. The third-order valence-electron chi connectivity index (χ3n) is 4.59. The van der Waals surface area contributed by atoms with Gasteiger partial charge in [0.2, 0.25) is 5.89 Å². The van der Waals surface area contributed by atoms with Gasteiger partial charge in [-0.3, -0.25) is 9.48 Å². The number of hydrogen-bond acceptors (Lipinski definition) is 4. The molecule has 1 aliphatic rings. The Balaban J connectivity index is 1.83. The lowest BCUT2D eigenvalue weighted by Gasteiger charge is -2.10. The van der Waals surface area contributed by atoms with Crippen LogP contribution < -0.4 is 0 Å². The quantitative estimate of drug-likeness (QED) is 0.788. The van der Waals surface area contributed by atoms with E-state index in [1.807, 2.05) is 42.1 Å². The minimum absolute atomic E-state index is 0.146. The predicted octanol–water partition coefficient (Wildman–Crippen LogP) is 3.46. The van der Waals surface area contributed by atoms with Gasteiger partial charge >= 0.3 is 5.97 Å². The summed E-state index contributed by atoms with van der Waals surface area (Å²) in [5, 5.41) is 13.9. The third-order valence-corrected chi connectivity index (χ3v) is 4.59. The zero-order chi connectivity index (χ0) is 17.4. The molecule has 0 spiro atoms. The normalized spacial score (nSPS) is 14.7. The van der Waals surface area contributed by atoms with Crippen molar-refractivity contribution >= 4 is 28.7 Å². The van der Waals surface area contributed by atoms with Crippen LogP contribution in [0.15, 0.2) is 28.7 Å². The molecule has 0 aliphatic heterocycles. The van der Waals surface area contributed by atoms with Gasteiger partial charge in [0.05, 0.1) is 17.8 Å². The minimum atomic E-state index is -0.912. The van der Waals surface area contributed by atoms with Crippen LogP contribution in [0, 0.1) is 0 Å². The van der Waals surface area contributed by atoms with Crippen molar-refractivity contribution in [2.24, 2.45) is 7.05 Å². The second-order valence-corrected chi connectivity index (χ2v) is 6.37. The van der Waals surface area contributed by atoms with Crippen LogP contribution in [-0.2, 0) is 24.7 Å². The maximum absolute atomic E-state index is 11.4. The average molecular weight is 337 g/mol. The Kier molecular flexibility index (Phi) is 3.87. The highest BCUT2D eigenvalue weighted by atomic mass is 16.4. The molecule has 1 N–H and O–H groups in total. The van der Waals surface area contributed by atoms with E-state index in [0.29, 0.717) is 17.0 Å². The number of aromatic nitrogens is 3. The van der Waals surface area contributed by atoms with Gasteiger partial charge in [0.1, 0.15) is 5.52 Å². The smallest absolute Gasteiger partial charge is 0.308 e. The Hall–Kier alpha value is -2.89. The lowest BCUT2D eigenvalue weighted by Crippen LogP contribution is -2.02. The van der Waals surface area contributed by atoms with Gasteiger partial charge in [-0.25, -0.2) is 4.98 Å². The highest BCUT2D eigenvalue weighted by molar-refractivity contribution is 5.91. The monoisotopic (exact) mass is 337 g/mol. The fourth-order valence-electron chi connectivity index (χ4n) is 3.41. The number of carboxylic acid groups (broad SMARTS) is 1. The number of aryl methyl sites for hydroxylation is 2. The van der Waals surface area contributed by atoms with E-state index in [-0.39, 0.29) is 6.42 Å². The van der Waals surface area contributed by atoms with Crippen LogP contribution in [-0.4, -0.2) is 25.8 Å². The Bertz CT molecular complexity index is 948. The van der Waals surface area contributed by atoms with E-state index < -0.39 is 5.97 Å². The third kappa shape index (κ3) is 2.95. The first-order valence-electron chi connectivity index (χ1n) is 8.45. The van der Waals surface area contributed by atoms with Gasteiger partial charge in [-0.15, -0.1) is 0 Å². The summed E-state index contributed by atoms with van der Waals surface area (Å²) in [5.41, 5.74) is 5.22. The van der Waals surface area contributed by atoms with Crippen molar-refractivity contribution in [2.45, 2.75) is 32.1 Å². The van der Waals surface area contributed by atoms with Crippen molar-refractivity contribution in [1.29, 1.82) is 0 Å². The van der Waals surface area contributed by atoms with Crippen LogP contribution in [0.4, 0.5) is 0 Å². The van der Waals surface area contributed by atoms with E-state index in [2.05, 4.69) is 10.1 Å². The van der Waals surface area contributed by atoms with Crippen LogP contribution >= 0.6 is 0 Å². The molecule has 0 bridgehead atoms. The Morgan fingerprint density at radius 1 is 1.32 bits per heavy atom. The van der Waals surface area contributed by atoms with E-state index in [4.69, 9.17) is 4.42 Å². The predicted molar refractivity (Wildman–Crippen MR) is 94.0 cm³/mol. The van der Waals surface area contributed by atoms with Crippen molar-refractivity contribution in [2.75, 3.05) is 0 Å². The van der Waals surface area contributed by atoms with Gasteiger partial charge < -0.3 is 9.52 Å². The maximum atomic E-state index is 11.4. The molecule has 0 unspecified atom stereocenters. The molecular weight excluding hydrogens is 318 g/mol. The van der Waals surface area contributed by atoms with Gasteiger partial charge in [-0.2, -0.15) is 5.10 Å². The second-order valence-electron chi connectivity index (χ2n) is 6.37. The molecule has 3 aromatic rings. The highest BCUT2D eigenvalue weighted by Crippen LogP contribution is 2.29. The topological polar surface area (TPSA) is 81.2 Å². The summed E-state index contributed by atoms with van der Waals surface area (Å²) in [7, 11) is 1.90. The van der Waals surface area contributed by atoms with E-state index in [1.165, 1.54) is 5.56 Å². The molecule has 128 valence electrons. The average Bonchev–Trinajstić information content (AvgIpc) is 3.15. The van der Waals surface area contributed by atoms with Crippen LogP contribution in [0.25, 0.3) is 22.7 Å². The van der Waals surface area contributed by atoms with Crippen LogP contribution in [0.1, 0.15) is 42.1 Å². The number of para-hydroxylation sites is 2. The summed E-state index contributed by atoms with van der Waals surface area (Å²) < 4.78 is 7.63. The molecule has 0 fully saturated rings. The molecule has 1 aromatic carbocycles. The van der Waals surface area contributed by atoms with Crippen LogP contribution in [0.2, 0.25) is 0 Å². The number of aliphatic carboxylic acids is 1. The molecule has 1 aliphatic carbocycles. The number of benzene rings is 1. The van der Waals surface area contributed by atoms with Crippen molar-refractivity contribution in [3.63, 3.8) is 0 Å². The maximum Gasteiger partial charge on any atom is 0.308 e. The first-order chi connectivity index (χ1) is 12.1. The first kappa shape index (κ1) is 15.6. The van der Waals surface area contributed by atoms with E-state index >= 15 is 0 Å². The van der Waals surface area contributed by atoms with Gasteiger partial charge in [-0.05, 0) is 43.9 Å². The summed E-state index contributed by atoms with van der Waals surface area (Å²) in [4.78, 5) is 15.8. The number of hydrogen-bond donors (Lipinski definition) is 1. The molecule has 25 heavy (non-hydrogen) atoms. The summed E-state index contributed by atoms with van der Waals surface area (Å²) in [5.74, 6) is -0.557. The van der Waals surface area contributed by atoms with Crippen molar-refractivity contribution < 1.29 is 14.3 Å². The summed E-state index contributed by atoms with van der Waals surface area (Å²) in [6.07, 6.45) is 5.97. The zero-order valence-corrected chi connectivity index (χ0v) is 14.0. The molecule has 0 radical (unpaired) electrons. The lowest BCUT2D eigenvalue weighted by atomic mass is 9.95. The molecule has 0 saturated heterocycles. The fraction of sp³-hybridized carbons (Fsp3) is 0.316. The largest absolute Gasteiger partial charge is 0.481 e. The Morgan fingerprint density at radius 2 is 2.12 bits per heavy atom. The van der Waals surface area contributed by atoms with Crippen LogP contribution in [0.5, 0.6) is 0 Å². The molecular formula is C19H19N3O3. The van der Waals surface area contributed by atoms with Gasteiger partial charge in [0.25, 0.3) is 0 Å². The first-order valence-corrected chi connectivity index (χ1v) is 8.45. The SMILES string of the molecule is Cn1nc2c(c1C=C(CC(=O)O)c1nc3ccccc3o1)CCCC2. The molecule has 0 saturated carbocycles. The number of nitrogens with zero attached hydrogens (tertiary/aromatic N) is 3. The second kappa shape index (κ2) is 6.20. The number of carboxylic acids is 1. The zero-order valence-electron chi connectivity index (χ0n) is 14.0. The van der Waals surface area contributed by atoms with Gasteiger partial charge in [0, 0.05) is 18.2 Å².